The Labute approximate surface area is 202 Å². The van der Waals surface area contributed by atoms with E-state index < -0.39 is 44.5 Å². The van der Waals surface area contributed by atoms with Crippen molar-refractivity contribution in [2.24, 2.45) is 0 Å². The van der Waals surface area contributed by atoms with Crippen molar-refractivity contribution in [2.45, 2.75) is 4.90 Å². The topological polar surface area (TPSA) is 55.9 Å². The van der Waals surface area contributed by atoms with Gasteiger partial charge in [0, 0.05) is 47.8 Å². The second kappa shape index (κ2) is 9.65. The van der Waals surface area contributed by atoms with E-state index in [0.29, 0.717) is 11.4 Å². The predicted octanol–water partition coefficient (Wildman–Crippen LogP) is 4.91. The molecule has 0 aliphatic carbocycles. The summed E-state index contributed by atoms with van der Waals surface area (Å²) < 4.78 is 86.6. The number of nitrogens with zero attached hydrogens (tertiary/aromatic N) is 3. The van der Waals surface area contributed by atoms with Crippen molar-refractivity contribution in [3.63, 3.8) is 0 Å². The zero-order chi connectivity index (χ0) is 26.2. The second-order valence-corrected chi connectivity index (χ2v) is 10.2. The van der Waals surface area contributed by atoms with Gasteiger partial charge in [-0.25, -0.2) is 26.0 Å². The van der Waals surface area contributed by atoms with Gasteiger partial charge in [-0.1, -0.05) is 18.2 Å². The van der Waals surface area contributed by atoms with Crippen LogP contribution in [0.1, 0.15) is 0 Å². The average Bonchev–Trinajstić information content (AvgIpc) is 2.80. The highest BCUT2D eigenvalue weighted by atomic mass is 32.2. The third kappa shape index (κ3) is 4.86. The van der Waals surface area contributed by atoms with Gasteiger partial charge in [-0.3, -0.25) is 4.72 Å². The number of hydrogen-bond donors (Lipinski definition) is 1. The van der Waals surface area contributed by atoms with Gasteiger partial charge in [-0.05, 0) is 29.8 Å². The van der Waals surface area contributed by atoms with Gasteiger partial charge in [0.05, 0.1) is 27.6 Å². The highest BCUT2D eigenvalue weighted by Crippen LogP contribution is 2.45. The van der Waals surface area contributed by atoms with Crippen molar-refractivity contribution in [3.05, 3.63) is 65.7 Å². The van der Waals surface area contributed by atoms with E-state index in [0.717, 1.165) is 5.69 Å². The van der Waals surface area contributed by atoms with Gasteiger partial charge in [0.15, 0.2) is 23.3 Å². The molecule has 0 saturated heterocycles. The summed E-state index contributed by atoms with van der Waals surface area (Å²) in [6, 6.07) is 9.82. The third-order valence-electron chi connectivity index (χ3n) is 5.33. The smallest absolute Gasteiger partial charge is 0.262 e. The summed E-state index contributed by atoms with van der Waals surface area (Å²) >= 11 is 0. The summed E-state index contributed by atoms with van der Waals surface area (Å²) in [5.41, 5.74) is -0.00686. The van der Waals surface area contributed by atoms with Crippen LogP contribution in [-0.4, -0.2) is 50.7 Å². The lowest BCUT2D eigenvalue weighted by molar-refractivity contribution is 0.413. The molecule has 0 fully saturated rings. The minimum atomic E-state index is -4.46. The average molecular weight is 511 g/mol. The van der Waals surface area contributed by atoms with Crippen LogP contribution in [0.15, 0.2) is 47.4 Å². The standard InChI is InChI=1S/C24H26F4N4O2S/c1-30(2)16-12-14(13-17(31(3)4)24(16)32(5)6)18-19(25)20(26)21(27)22(28)23(18)29-35(33,34)15-10-8-7-9-11-15/h7-13,29H,1-6H3. The molecule has 188 valence electrons. The third-order valence-corrected chi connectivity index (χ3v) is 6.69. The van der Waals surface area contributed by atoms with Gasteiger partial charge >= 0.3 is 0 Å². The van der Waals surface area contributed by atoms with Crippen LogP contribution in [0.25, 0.3) is 11.1 Å². The van der Waals surface area contributed by atoms with E-state index >= 15 is 8.78 Å². The first-order valence-electron chi connectivity index (χ1n) is 10.4. The van der Waals surface area contributed by atoms with Gasteiger partial charge in [0.1, 0.15) is 0 Å². The fraction of sp³-hybridized carbons (Fsp3) is 0.250. The SMILES string of the molecule is CN(C)c1cc(-c2c(F)c(F)c(F)c(F)c2NS(=O)(=O)c2ccccc2)cc(N(C)C)c1N(C)C. The molecule has 0 atom stereocenters. The molecule has 0 amide bonds. The van der Waals surface area contributed by atoms with Crippen molar-refractivity contribution in [1.29, 1.82) is 0 Å². The van der Waals surface area contributed by atoms with Crippen molar-refractivity contribution >= 4 is 32.8 Å². The van der Waals surface area contributed by atoms with Gasteiger partial charge < -0.3 is 14.7 Å². The zero-order valence-electron chi connectivity index (χ0n) is 20.1. The van der Waals surface area contributed by atoms with Crippen LogP contribution < -0.4 is 19.4 Å². The van der Waals surface area contributed by atoms with E-state index in [2.05, 4.69) is 0 Å². The Balaban J connectivity index is 2.39. The van der Waals surface area contributed by atoms with Crippen LogP contribution in [0.4, 0.5) is 40.3 Å². The molecule has 0 saturated carbocycles. The van der Waals surface area contributed by atoms with Crippen molar-refractivity contribution < 1.29 is 26.0 Å². The Bertz CT molecular complexity index is 1330. The van der Waals surface area contributed by atoms with Gasteiger partial charge in [0.2, 0.25) is 0 Å². The lowest BCUT2D eigenvalue weighted by Gasteiger charge is -2.30. The Kier molecular flexibility index (Phi) is 7.21. The molecule has 35 heavy (non-hydrogen) atoms. The summed E-state index contributed by atoms with van der Waals surface area (Å²) in [5.74, 6) is -7.74. The monoisotopic (exact) mass is 510 g/mol. The van der Waals surface area contributed by atoms with Crippen LogP contribution in [0, 0.1) is 23.3 Å². The van der Waals surface area contributed by atoms with E-state index in [1.54, 1.807) is 58.2 Å². The molecule has 6 nitrogen and oxygen atoms in total. The maximum atomic E-state index is 15.2. The Morgan fingerprint density at radius 1 is 0.686 bits per heavy atom. The van der Waals surface area contributed by atoms with Gasteiger partial charge in [-0.15, -0.1) is 0 Å². The highest BCUT2D eigenvalue weighted by molar-refractivity contribution is 7.92. The van der Waals surface area contributed by atoms with Crippen LogP contribution >= 0.6 is 0 Å². The first-order chi connectivity index (χ1) is 16.3. The van der Waals surface area contributed by atoms with Crippen LogP contribution in [0.3, 0.4) is 0 Å². The summed E-state index contributed by atoms with van der Waals surface area (Å²) in [6.45, 7) is 0. The van der Waals surface area contributed by atoms with Gasteiger partial charge in [0.25, 0.3) is 10.0 Å². The van der Waals surface area contributed by atoms with E-state index in [4.69, 9.17) is 0 Å². The molecule has 0 aliphatic heterocycles. The minimum absolute atomic E-state index is 0.0518. The lowest BCUT2D eigenvalue weighted by Crippen LogP contribution is -2.21. The molecule has 3 aromatic carbocycles. The molecule has 0 aliphatic rings. The molecule has 0 aromatic heterocycles. The first kappa shape index (κ1) is 26.1. The highest BCUT2D eigenvalue weighted by Gasteiger charge is 2.30. The molecule has 1 N–H and O–H groups in total. The largest absolute Gasteiger partial charge is 0.376 e. The lowest BCUT2D eigenvalue weighted by atomic mass is 9.98. The first-order valence-corrected chi connectivity index (χ1v) is 11.9. The maximum absolute atomic E-state index is 15.2. The van der Waals surface area contributed by atoms with Crippen molar-refractivity contribution in [2.75, 3.05) is 61.7 Å². The molecular formula is C24H26F4N4O2S. The molecular weight excluding hydrogens is 484 g/mol. The second-order valence-electron chi connectivity index (χ2n) is 8.47. The van der Waals surface area contributed by atoms with Crippen LogP contribution in [0.2, 0.25) is 0 Å². The molecule has 0 unspecified atom stereocenters. The van der Waals surface area contributed by atoms with E-state index in [1.165, 1.54) is 36.4 Å². The number of rotatable bonds is 7. The number of nitrogens with one attached hydrogen (secondary N) is 1. The molecule has 0 spiro atoms. The fourth-order valence-corrected chi connectivity index (χ4v) is 4.77. The number of halogens is 4. The molecule has 0 radical (unpaired) electrons. The van der Waals surface area contributed by atoms with E-state index in [-0.39, 0.29) is 10.5 Å². The van der Waals surface area contributed by atoms with Gasteiger partial charge in [-0.2, -0.15) is 0 Å². The van der Waals surface area contributed by atoms with Crippen LogP contribution in [0.5, 0.6) is 0 Å². The zero-order valence-corrected chi connectivity index (χ0v) is 20.9. The summed E-state index contributed by atoms with van der Waals surface area (Å²) in [5, 5.41) is 0. The van der Waals surface area contributed by atoms with Crippen molar-refractivity contribution in [3.8, 4) is 11.1 Å². The maximum Gasteiger partial charge on any atom is 0.262 e. The van der Waals surface area contributed by atoms with Crippen LogP contribution in [-0.2, 0) is 10.0 Å². The molecule has 3 aromatic rings. The summed E-state index contributed by atoms with van der Waals surface area (Å²) in [7, 11) is 6.05. The fourth-order valence-electron chi connectivity index (χ4n) is 3.68. The van der Waals surface area contributed by atoms with Crippen molar-refractivity contribution in [1.82, 2.24) is 0 Å². The molecule has 0 bridgehead atoms. The quantitative estimate of drug-likeness (QED) is 0.278. The summed E-state index contributed by atoms with van der Waals surface area (Å²) in [6.07, 6.45) is 0. The molecule has 0 heterocycles. The Hall–Kier alpha value is -3.47. The number of hydrogen-bond acceptors (Lipinski definition) is 5. The number of benzene rings is 3. The molecule has 3 rings (SSSR count). The Morgan fingerprint density at radius 3 is 1.63 bits per heavy atom. The normalized spacial score (nSPS) is 11.4. The number of anilines is 4. The number of sulfonamides is 1. The summed E-state index contributed by atoms with van der Waals surface area (Å²) in [4.78, 5) is 4.98. The van der Waals surface area contributed by atoms with E-state index in [9.17, 15) is 17.2 Å². The molecule has 11 heteroatoms. The van der Waals surface area contributed by atoms with E-state index in [1.807, 2.05) is 9.62 Å². The Morgan fingerprint density at radius 2 is 1.17 bits per heavy atom. The predicted molar refractivity (Wildman–Crippen MR) is 132 cm³/mol. The minimum Gasteiger partial charge on any atom is -0.376 e.